The summed E-state index contributed by atoms with van der Waals surface area (Å²) < 4.78 is 16.9. The number of ether oxygens (including phenoxy) is 3. The van der Waals surface area contributed by atoms with E-state index < -0.39 is 23.4 Å². The second-order valence-electron chi connectivity index (χ2n) is 8.88. The predicted octanol–water partition coefficient (Wildman–Crippen LogP) is 2.99. The van der Waals surface area contributed by atoms with Crippen LogP contribution in [-0.4, -0.2) is 50.6 Å². The summed E-state index contributed by atoms with van der Waals surface area (Å²) in [6.45, 7) is 1.85. The largest absolute Gasteiger partial charge is 0.493 e. The normalized spacial score (nSPS) is 18.2. The molecule has 0 spiro atoms. The fourth-order valence-corrected chi connectivity index (χ4v) is 5.18. The highest BCUT2D eigenvalue weighted by atomic mass is 16.5. The van der Waals surface area contributed by atoms with Gasteiger partial charge in [0.05, 0.1) is 39.0 Å². The lowest BCUT2D eigenvalue weighted by atomic mass is 9.95. The number of hydrogen-bond acceptors (Lipinski definition) is 7. The van der Waals surface area contributed by atoms with Crippen molar-refractivity contribution in [2.24, 2.45) is 0 Å². The van der Waals surface area contributed by atoms with E-state index in [1.165, 1.54) is 38.2 Å². The topological polar surface area (TPSA) is 118 Å². The third-order valence-electron chi connectivity index (χ3n) is 6.81. The summed E-state index contributed by atoms with van der Waals surface area (Å²) >= 11 is 0. The van der Waals surface area contributed by atoms with Gasteiger partial charge in [-0.3, -0.25) is 14.4 Å². The summed E-state index contributed by atoms with van der Waals surface area (Å²) in [6, 6.07) is 7.65. The number of aryl methyl sites for hydroxylation is 1. The molecule has 9 heteroatoms. The summed E-state index contributed by atoms with van der Waals surface area (Å²) in [5.74, 6) is 0.645. The molecule has 188 valence electrons. The third-order valence-corrected chi connectivity index (χ3v) is 6.81. The molecule has 0 saturated carbocycles. The number of nitriles is 1. The molecule has 1 N–H and O–H groups in total. The van der Waals surface area contributed by atoms with E-state index in [-0.39, 0.29) is 11.5 Å². The van der Waals surface area contributed by atoms with Crippen molar-refractivity contribution in [2.45, 2.75) is 44.7 Å². The second-order valence-corrected chi connectivity index (χ2v) is 8.88. The molecule has 1 heterocycles. The molecule has 0 unspecified atom stereocenters. The molecule has 1 fully saturated rings. The number of carbonyl (C=O) groups is 2. The van der Waals surface area contributed by atoms with Crippen LogP contribution in [0.5, 0.6) is 17.2 Å². The zero-order valence-corrected chi connectivity index (χ0v) is 20.8. The highest BCUT2D eigenvalue weighted by Crippen LogP contribution is 2.50. The van der Waals surface area contributed by atoms with E-state index in [1.54, 1.807) is 13.2 Å². The van der Waals surface area contributed by atoms with Gasteiger partial charge in [0.1, 0.15) is 6.04 Å². The second kappa shape index (κ2) is 10.3. The van der Waals surface area contributed by atoms with Crippen LogP contribution in [0.25, 0.3) is 11.1 Å². The van der Waals surface area contributed by atoms with Crippen LogP contribution >= 0.6 is 0 Å². The van der Waals surface area contributed by atoms with Gasteiger partial charge in [-0.25, -0.2) is 0 Å². The maximum absolute atomic E-state index is 13.4. The van der Waals surface area contributed by atoms with Crippen molar-refractivity contribution in [1.29, 1.82) is 5.26 Å². The number of hydrogen-bond donors (Lipinski definition) is 1. The molecule has 2 atom stereocenters. The van der Waals surface area contributed by atoms with Crippen LogP contribution in [0.15, 0.2) is 29.1 Å². The first kappa shape index (κ1) is 25.0. The first-order valence-electron chi connectivity index (χ1n) is 11.8. The van der Waals surface area contributed by atoms with E-state index in [0.29, 0.717) is 66.2 Å². The molecule has 1 saturated heterocycles. The van der Waals surface area contributed by atoms with E-state index in [4.69, 9.17) is 14.2 Å². The Hall–Kier alpha value is -4.06. The molecule has 1 aliphatic heterocycles. The van der Waals surface area contributed by atoms with Crippen molar-refractivity contribution in [3.05, 3.63) is 51.2 Å². The summed E-state index contributed by atoms with van der Waals surface area (Å²) in [7, 11) is 4.59. The van der Waals surface area contributed by atoms with Crippen LogP contribution in [0.2, 0.25) is 0 Å². The van der Waals surface area contributed by atoms with Crippen molar-refractivity contribution in [2.75, 3.05) is 27.9 Å². The minimum absolute atomic E-state index is 0.0206. The number of likely N-dealkylation sites (tertiary alicyclic amines) is 1. The standard InChI is InChI=1S/C27H29N3O6/c1-15(31)29-21-10-7-16-12-23(34-2)25(35-3)26(36-4)24(16)18-8-9-19(22(32)13-20(18)21)27(33)30-11-5-6-17(30)14-28/h8-9,12-13,17,21H,5-7,10-11H2,1-4H3,(H,29,31)/t17-,21-/m0/s1. The van der Waals surface area contributed by atoms with Crippen molar-refractivity contribution in [1.82, 2.24) is 10.2 Å². The molecular formula is C27H29N3O6. The molecule has 0 radical (unpaired) electrons. The smallest absolute Gasteiger partial charge is 0.258 e. The summed E-state index contributed by atoms with van der Waals surface area (Å²) in [6.07, 6.45) is 2.40. The van der Waals surface area contributed by atoms with Crippen molar-refractivity contribution < 1.29 is 23.8 Å². The number of amides is 2. The zero-order valence-electron chi connectivity index (χ0n) is 20.8. The molecule has 36 heavy (non-hydrogen) atoms. The van der Waals surface area contributed by atoms with Gasteiger partial charge in [0.15, 0.2) is 16.9 Å². The minimum atomic E-state index is -0.551. The van der Waals surface area contributed by atoms with Crippen LogP contribution in [0, 0.1) is 11.3 Å². The lowest BCUT2D eigenvalue weighted by Crippen LogP contribution is -2.36. The highest BCUT2D eigenvalue weighted by Gasteiger charge is 2.32. The molecule has 0 bridgehead atoms. The summed E-state index contributed by atoms with van der Waals surface area (Å²) in [5.41, 5.74) is 2.35. The number of nitrogens with zero attached hydrogens (tertiary/aromatic N) is 2. The number of methoxy groups -OCH3 is 3. The van der Waals surface area contributed by atoms with Crippen LogP contribution in [0.1, 0.15) is 53.7 Å². The average molecular weight is 492 g/mol. The first-order chi connectivity index (χ1) is 17.3. The summed E-state index contributed by atoms with van der Waals surface area (Å²) in [5, 5.41) is 12.4. The summed E-state index contributed by atoms with van der Waals surface area (Å²) in [4.78, 5) is 40.2. The molecule has 0 aromatic heterocycles. The van der Waals surface area contributed by atoms with Gasteiger partial charge in [0.2, 0.25) is 11.7 Å². The van der Waals surface area contributed by atoms with Gasteiger partial charge >= 0.3 is 0 Å². The number of fused-ring (bicyclic) bond motifs is 3. The Bertz CT molecular complexity index is 1320. The lowest BCUT2D eigenvalue weighted by Gasteiger charge is -2.19. The molecule has 2 aromatic carbocycles. The average Bonchev–Trinajstić information content (AvgIpc) is 3.22. The number of nitrogens with one attached hydrogen (secondary N) is 1. The van der Waals surface area contributed by atoms with Gasteiger partial charge in [-0.2, -0.15) is 5.26 Å². The number of rotatable bonds is 5. The Kier molecular flexibility index (Phi) is 7.15. The minimum Gasteiger partial charge on any atom is -0.493 e. The Balaban J connectivity index is 1.99. The van der Waals surface area contributed by atoms with Crippen molar-refractivity contribution in [3.63, 3.8) is 0 Å². The predicted molar refractivity (Wildman–Crippen MR) is 132 cm³/mol. The Morgan fingerprint density at radius 3 is 2.47 bits per heavy atom. The maximum atomic E-state index is 13.4. The van der Waals surface area contributed by atoms with Crippen LogP contribution in [0.4, 0.5) is 0 Å². The SMILES string of the molecule is COc1cc2c(c(OC)c1OC)-c1ccc(C(=O)N3CCC[C@H]3C#N)c(=O)cc1[C@@H](NC(C)=O)CC2. The fraction of sp³-hybridized carbons (Fsp3) is 0.407. The van der Waals surface area contributed by atoms with Gasteiger partial charge < -0.3 is 24.4 Å². The van der Waals surface area contributed by atoms with E-state index >= 15 is 0 Å². The van der Waals surface area contributed by atoms with Crippen LogP contribution in [-0.2, 0) is 11.2 Å². The van der Waals surface area contributed by atoms with Gasteiger partial charge in [0, 0.05) is 19.0 Å². The monoisotopic (exact) mass is 491 g/mol. The van der Waals surface area contributed by atoms with Gasteiger partial charge in [0.25, 0.3) is 5.91 Å². The van der Waals surface area contributed by atoms with E-state index in [2.05, 4.69) is 11.4 Å². The first-order valence-corrected chi connectivity index (χ1v) is 11.8. The van der Waals surface area contributed by atoms with Crippen LogP contribution < -0.4 is 25.0 Å². The number of benzene rings is 1. The highest BCUT2D eigenvalue weighted by molar-refractivity contribution is 5.95. The van der Waals surface area contributed by atoms with E-state index in [9.17, 15) is 19.6 Å². The molecule has 2 aromatic rings. The molecule has 2 aliphatic rings. The number of carbonyl (C=O) groups excluding carboxylic acids is 2. The molecule has 4 rings (SSSR count). The fourth-order valence-electron chi connectivity index (χ4n) is 5.18. The van der Waals surface area contributed by atoms with Crippen molar-refractivity contribution in [3.8, 4) is 34.4 Å². The van der Waals surface area contributed by atoms with E-state index in [1.807, 2.05) is 6.07 Å². The Morgan fingerprint density at radius 1 is 1.08 bits per heavy atom. The lowest BCUT2D eigenvalue weighted by molar-refractivity contribution is -0.119. The molecule has 9 nitrogen and oxygen atoms in total. The third kappa shape index (κ3) is 4.35. The zero-order chi connectivity index (χ0) is 26.0. The quantitative estimate of drug-likeness (QED) is 0.683. The maximum Gasteiger partial charge on any atom is 0.258 e. The Labute approximate surface area is 209 Å². The van der Waals surface area contributed by atoms with Crippen molar-refractivity contribution >= 4 is 11.8 Å². The van der Waals surface area contributed by atoms with Crippen LogP contribution in [0.3, 0.4) is 0 Å². The Morgan fingerprint density at radius 2 is 1.83 bits per heavy atom. The molecule has 2 amide bonds. The van der Waals surface area contributed by atoms with Gasteiger partial charge in [-0.15, -0.1) is 0 Å². The van der Waals surface area contributed by atoms with Gasteiger partial charge in [-0.05, 0) is 60.6 Å². The van der Waals surface area contributed by atoms with Gasteiger partial charge in [-0.1, -0.05) is 6.07 Å². The molecular weight excluding hydrogens is 462 g/mol. The van der Waals surface area contributed by atoms with E-state index in [0.717, 1.165) is 5.56 Å². The molecule has 1 aliphatic carbocycles.